The second-order valence-electron chi connectivity index (χ2n) is 4.63. The largest absolute Gasteiger partial charge is 0.740 e. The summed E-state index contributed by atoms with van der Waals surface area (Å²) in [5.74, 6) is 1.12. The Kier molecular flexibility index (Phi) is 3.07. The Hall–Kier alpha value is -1.45. The van der Waals surface area contributed by atoms with E-state index in [-0.39, 0.29) is 11.4 Å². The lowest BCUT2D eigenvalue weighted by molar-refractivity contribution is -0.575. The Bertz CT molecular complexity index is 348. The van der Waals surface area contributed by atoms with E-state index in [1.165, 1.54) is 0 Å². The van der Waals surface area contributed by atoms with Crippen molar-refractivity contribution in [2.45, 2.75) is 33.2 Å². The molecule has 0 aromatic carbocycles. The maximum Gasteiger partial charge on any atom is 0.222 e. The summed E-state index contributed by atoms with van der Waals surface area (Å²) in [5, 5.41) is 14.8. The zero-order valence-corrected chi connectivity index (χ0v) is 9.74. The van der Waals surface area contributed by atoms with E-state index in [0.717, 1.165) is 0 Å². The molecule has 0 spiro atoms. The molecule has 0 aliphatic heterocycles. The van der Waals surface area contributed by atoms with Gasteiger partial charge in [-0.15, -0.1) is 0 Å². The summed E-state index contributed by atoms with van der Waals surface area (Å²) in [6, 6.07) is 5.08. The molecule has 0 atom stereocenters. The molecule has 15 heavy (non-hydrogen) atoms. The number of nitrogens with one attached hydrogen (secondary N) is 1. The highest BCUT2D eigenvalue weighted by Gasteiger charge is 2.26. The molecule has 0 saturated carbocycles. The predicted octanol–water partition coefficient (Wildman–Crippen LogP) is 1.75. The average Bonchev–Trinajstić information content (AvgIpc) is 2.12. The van der Waals surface area contributed by atoms with Crippen LogP contribution in [-0.2, 0) is 0 Å². The van der Waals surface area contributed by atoms with Gasteiger partial charge in [0.2, 0.25) is 11.6 Å². The van der Waals surface area contributed by atoms with Gasteiger partial charge in [-0.25, -0.2) is 4.73 Å². The van der Waals surface area contributed by atoms with Crippen molar-refractivity contribution in [1.29, 1.82) is 0 Å². The Morgan fingerprint density at radius 2 is 2.00 bits per heavy atom. The molecule has 1 aromatic heterocycles. The molecule has 1 aromatic rings. The van der Waals surface area contributed by atoms with Gasteiger partial charge in [-0.2, -0.15) is 0 Å². The van der Waals surface area contributed by atoms with Crippen LogP contribution in [0, 0.1) is 11.1 Å². The zero-order valence-electron chi connectivity index (χ0n) is 9.74. The monoisotopic (exact) mass is 209 g/mol. The maximum absolute atomic E-state index is 11.6. The van der Waals surface area contributed by atoms with Crippen molar-refractivity contribution in [2.75, 3.05) is 11.1 Å². The number of aromatic nitrogens is 1. The first kappa shape index (κ1) is 11.6. The fraction of sp³-hybridized carbons (Fsp3) is 0.545. The number of anilines is 2. The molecule has 4 heteroatoms. The molecule has 0 aliphatic rings. The van der Waals surface area contributed by atoms with Crippen molar-refractivity contribution in [3.63, 3.8) is 0 Å². The number of rotatable bonds is 3. The van der Waals surface area contributed by atoms with Crippen LogP contribution >= 0.6 is 0 Å². The number of hydrogen-bond donors (Lipinski definition) is 2. The molecule has 4 nitrogen and oxygen atoms in total. The molecule has 0 bridgehead atoms. The van der Waals surface area contributed by atoms with Crippen LogP contribution in [0.5, 0.6) is 0 Å². The fourth-order valence-corrected chi connectivity index (χ4v) is 1.08. The van der Waals surface area contributed by atoms with Crippen molar-refractivity contribution in [2.24, 2.45) is 5.92 Å². The highest BCUT2D eigenvalue weighted by Crippen LogP contribution is 2.20. The summed E-state index contributed by atoms with van der Waals surface area (Å²) in [7, 11) is 0. The van der Waals surface area contributed by atoms with Crippen molar-refractivity contribution < 1.29 is 4.73 Å². The highest BCUT2D eigenvalue weighted by atomic mass is 16.5. The summed E-state index contributed by atoms with van der Waals surface area (Å²) < 4.78 is 0.712. The van der Waals surface area contributed by atoms with Gasteiger partial charge in [0.05, 0.1) is 5.54 Å². The molecule has 3 N–H and O–H groups in total. The zero-order chi connectivity index (χ0) is 11.6. The number of pyridine rings is 1. The van der Waals surface area contributed by atoms with Crippen molar-refractivity contribution in [1.82, 2.24) is 0 Å². The normalized spacial score (nSPS) is 11.8. The molecule has 0 amide bonds. The van der Waals surface area contributed by atoms with Gasteiger partial charge in [0.15, 0.2) is 0 Å². The third-order valence-electron chi connectivity index (χ3n) is 2.87. The summed E-state index contributed by atoms with van der Waals surface area (Å²) in [4.78, 5) is 0. The molecular weight excluding hydrogens is 190 g/mol. The predicted molar refractivity (Wildman–Crippen MR) is 62.4 cm³/mol. The van der Waals surface area contributed by atoms with Crippen molar-refractivity contribution >= 4 is 11.6 Å². The molecule has 0 fully saturated rings. The van der Waals surface area contributed by atoms with Gasteiger partial charge >= 0.3 is 0 Å². The van der Waals surface area contributed by atoms with Crippen LogP contribution in [-0.4, -0.2) is 5.54 Å². The van der Waals surface area contributed by atoms with E-state index in [9.17, 15) is 5.21 Å². The number of hydrogen-bond acceptors (Lipinski definition) is 3. The average molecular weight is 209 g/mol. The van der Waals surface area contributed by atoms with E-state index >= 15 is 0 Å². The van der Waals surface area contributed by atoms with Crippen LogP contribution in [0.1, 0.15) is 27.7 Å². The van der Waals surface area contributed by atoms with E-state index in [4.69, 9.17) is 5.73 Å². The van der Waals surface area contributed by atoms with Crippen LogP contribution in [0.4, 0.5) is 11.6 Å². The second kappa shape index (κ2) is 3.96. The van der Waals surface area contributed by atoms with Gasteiger partial charge < -0.3 is 16.3 Å². The summed E-state index contributed by atoms with van der Waals surface area (Å²) in [6.07, 6.45) is 0. The number of nitrogens with zero attached hydrogens (tertiary/aromatic N) is 1. The van der Waals surface area contributed by atoms with Crippen molar-refractivity contribution in [3.05, 3.63) is 23.4 Å². The van der Waals surface area contributed by atoms with Crippen LogP contribution in [0.25, 0.3) is 0 Å². The van der Waals surface area contributed by atoms with Crippen LogP contribution < -0.4 is 15.8 Å². The Morgan fingerprint density at radius 1 is 1.40 bits per heavy atom. The number of nitrogens with two attached hydrogens (primary N) is 1. The summed E-state index contributed by atoms with van der Waals surface area (Å²) >= 11 is 0. The molecule has 0 radical (unpaired) electrons. The van der Waals surface area contributed by atoms with E-state index in [1.807, 2.05) is 0 Å². The third-order valence-corrected chi connectivity index (χ3v) is 2.87. The Balaban J connectivity index is 2.95. The first-order valence-corrected chi connectivity index (χ1v) is 5.11. The van der Waals surface area contributed by atoms with Gasteiger partial charge in [0.25, 0.3) is 0 Å². The summed E-state index contributed by atoms with van der Waals surface area (Å²) in [5.41, 5.74) is 5.39. The number of nitrogen functional groups attached to an aromatic ring is 1. The molecular formula is C11H19N3O. The Morgan fingerprint density at radius 3 is 2.53 bits per heavy atom. The maximum atomic E-state index is 11.6. The first-order valence-electron chi connectivity index (χ1n) is 5.11. The van der Waals surface area contributed by atoms with Gasteiger partial charge in [-0.3, -0.25) is 0 Å². The van der Waals surface area contributed by atoms with E-state index in [1.54, 1.807) is 18.2 Å². The minimum Gasteiger partial charge on any atom is -0.740 e. The minimum atomic E-state index is -0.139. The lowest BCUT2D eigenvalue weighted by atomic mass is 9.91. The molecule has 84 valence electrons. The van der Waals surface area contributed by atoms with Gasteiger partial charge in [0, 0.05) is 12.1 Å². The molecule has 1 rings (SSSR count). The quantitative estimate of drug-likeness (QED) is 0.588. The second-order valence-corrected chi connectivity index (χ2v) is 4.63. The van der Waals surface area contributed by atoms with Crippen LogP contribution in [0.15, 0.2) is 18.2 Å². The van der Waals surface area contributed by atoms with E-state index in [0.29, 0.717) is 16.5 Å². The van der Waals surface area contributed by atoms with Gasteiger partial charge in [-0.1, -0.05) is 13.8 Å². The molecule has 0 aliphatic carbocycles. The first-order chi connectivity index (χ1) is 6.84. The van der Waals surface area contributed by atoms with Crippen LogP contribution in [0.2, 0.25) is 0 Å². The highest BCUT2D eigenvalue weighted by molar-refractivity contribution is 5.36. The molecule has 0 saturated heterocycles. The smallest absolute Gasteiger partial charge is 0.222 e. The minimum absolute atomic E-state index is 0.139. The fourth-order valence-electron chi connectivity index (χ4n) is 1.08. The van der Waals surface area contributed by atoms with Gasteiger partial charge in [-0.05, 0) is 25.8 Å². The Labute approximate surface area is 90.7 Å². The van der Waals surface area contributed by atoms with E-state index < -0.39 is 0 Å². The van der Waals surface area contributed by atoms with Crippen molar-refractivity contribution in [3.8, 4) is 0 Å². The molecule has 0 unspecified atom stereocenters. The lowest BCUT2D eigenvalue weighted by Gasteiger charge is -2.29. The van der Waals surface area contributed by atoms with E-state index in [2.05, 4.69) is 33.0 Å². The lowest BCUT2D eigenvalue weighted by Crippen LogP contribution is -2.43. The van der Waals surface area contributed by atoms with Crippen LogP contribution in [0.3, 0.4) is 0 Å². The SMILES string of the molecule is CC(C)C(C)(C)Nc1cccc(N)[n+]1[O-]. The summed E-state index contributed by atoms with van der Waals surface area (Å²) in [6.45, 7) is 8.32. The van der Waals surface area contributed by atoms with Gasteiger partial charge in [0.1, 0.15) is 0 Å². The molecule has 1 heterocycles. The third kappa shape index (κ3) is 2.52. The standard InChI is InChI=1S/C11H19N3O/c1-8(2)11(3,4)13-10-7-5-6-9(12)14(10)15/h5-8,13H,12H2,1-4H3. The topological polar surface area (TPSA) is 65.0 Å².